The molecule has 0 saturated carbocycles. The third-order valence-corrected chi connectivity index (χ3v) is 4.37. The summed E-state index contributed by atoms with van der Waals surface area (Å²) in [7, 11) is 1.62. The molecule has 1 aromatic carbocycles. The molecule has 2 heterocycles. The van der Waals surface area contributed by atoms with E-state index in [2.05, 4.69) is 5.32 Å². The first-order valence-corrected chi connectivity index (χ1v) is 7.39. The predicted octanol–water partition coefficient (Wildman–Crippen LogP) is 1.12. The summed E-state index contributed by atoms with van der Waals surface area (Å²) >= 11 is 0. The van der Waals surface area contributed by atoms with Crippen LogP contribution in [0.4, 0.5) is 0 Å². The highest BCUT2D eigenvalue weighted by atomic mass is 16.5. The minimum absolute atomic E-state index is 0.110. The number of hydrogen-bond donors (Lipinski definition) is 1. The Labute approximate surface area is 124 Å². The van der Waals surface area contributed by atoms with Gasteiger partial charge < -0.3 is 15.0 Å². The topological polar surface area (TPSA) is 58.6 Å². The molecule has 0 unspecified atom stereocenters. The molecule has 21 heavy (non-hydrogen) atoms. The summed E-state index contributed by atoms with van der Waals surface area (Å²) in [5, 5.41) is 2.99. The van der Waals surface area contributed by atoms with E-state index in [4.69, 9.17) is 4.74 Å². The minimum atomic E-state index is 0.110. The molecule has 5 nitrogen and oxygen atoms in total. The minimum Gasteiger partial charge on any atom is -0.497 e. The lowest BCUT2D eigenvalue weighted by molar-refractivity contribution is -0.133. The molecule has 1 aromatic rings. The smallest absolute Gasteiger partial charge is 0.227 e. The van der Waals surface area contributed by atoms with Crippen LogP contribution in [0.25, 0.3) is 0 Å². The van der Waals surface area contributed by atoms with Gasteiger partial charge in [-0.2, -0.15) is 0 Å². The summed E-state index contributed by atoms with van der Waals surface area (Å²) in [6.45, 7) is 0.735. The van der Waals surface area contributed by atoms with Gasteiger partial charge >= 0.3 is 0 Å². The van der Waals surface area contributed by atoms with Crippen LogP contribution in [0.3, 0.4) is 0 Å². The molecule has 0 radical (unpaired) electrons. The highest BCUT2D eigenvalue weighted by Crippen LogP contribution is 2.26. The van der Waals surface area contributed by atoms with Gasteiger partial charge in [0.2, 0.25) is 11.8 Å². The molecule has 3 rings (SSSR count). The van der Waals surface area contributed by atoms with Gasteiger partial charge in [0.25, 0.3) is 0 Å². The molecule has 112 valence electrons. The number of carbonyl (C=O) groups is 2. The van der Waals surface area contributed by atoms with Crippen molar-refractivity contribution < 1.29 is 14.3 Å². The molecule has 5 heteroatoms. The van der Waals surface area contributed by atoms with Crippen LogP contribution in [0.15, 0.2) is 24.3 Å². The van der Waals surface area contributed by atoms with Crippen LogP contribution in [0.5, 0.6) is 5.75 Å². The number of methoxy groups -OCH3 is 1. The molecule has 2 atom stereocenters. The van der Waals surface area contributed by atoms with E-state index in [0.29, 0.717) is 12.8 Å². The summed E-state index contributed by atoms with van der Waals surface area (Å²) in [6.07, 6.45) is 2.54. The third-order valence-electron chi connectivity index (χ3n) is 4.37. The third kappa shape index (κ3) is 2.86. The number of rotatable bonds is 3. The van der Waals surface area contributed by atoms with E-state index >= 15 is 0 Å². The van der Waals surface area contributed by atoms with Crippen molar-refractivity contribution in [2.45, 2.75) is 37.8 Å². The molecule has 2 aliphatic rings. The standard InChI is InChI=1S/C16H20N2O3/c1-21-12-4-2-3-11(9-12)10-16(20)18-8-7-13-14(18)5-6-15(19)17-13/h2-4,9,13-14H,5-8,10H2,1H3,(H,17,19)/t13-,14-/m0/s1. The number of nitrogens with zero attached hydrogens (tertiary/aromatic N) is 1. The van der Waals surface area contributed by atoms with Gasteiger partial charge in [0.05, 0.1) is 25.6 Å². The van der Waals surface area contributed by atoms with Gasteiger partial charge in [0, 0.05) is 13.0 Å². The van der Waals surface area contributed by atoms with E-state index < -0.39 is 0 Å². The molecule has 0 aliphatic carbocycles. The Kier molecular flexibility index (Phi) is 3.82. The number of ether oxygens (including phenoxy) is 1. The average Bonchev–Trinajstić information content (AvgIpc) is 2.90. The zero-order chi connectivity index (χ0) is 14.8. The van der Waals surface area contributed by atoms with Gasteiger partial charge in [-0.3, -0.25) is 9.59 Å². The van der Waals surface area contributed by atoms with Crippen LogP contribution in [0, 0.1) is 0 Å². The van der Waals surface area contributed by atoms with Crippen molar-refractivity contribution in [3.63, 3.8) is 0 Å². The number of likely N-dealkylation sites (tertiary alicyclic amines) is 1. The van der Waals surface area contributed by atoms with Crippen molar-refractivity contribution in [2.24, 2.45) is 0 Å². The van der Waals surface area contributed by atoms with E-state index in [-0.39, 0.29) is 23.9 Å². The molecule has 2 amide bonds. The van der Waals surface area contributed by atoms with Crippen molar-refractivity contribution >= 4 is 11.8 Å². The molecular formula is C16H20N2O3. The molecule has 2 aliphatic heterocycles. The van der Waals surface area contributed by atoms with Crippen LogP contribution < -0.4 is 10.1 Å². The van der Waals surface area contributed by atoms with Crippen LogP contribution >= 0.6 is 0 Å². The van der Waals surface area contributed by atoms with Gasteiger partial charge in [-0.05, 0) is 30.5 Å². The molecule has 2 fully saturated rings. The summed E-state index contributed by atoms with van der Waals surface area (Å²) in [4.78, 5) is 25.9. The van der Waals surface area contributed by atoms with Crippen LogP contribution in [0.1, 0.15) is 24.8 Å². The summed E-state index contributed by atoms with van der Waals surface area (Å²) in [5.74, 6) is 1.01. The first kappa shape index (κ1) is 13.9. The lowest BCUT2D eigenvalue weighted by atomic mass is 9.98. The summed E-state index contributed by atoms with van der Waals surface area (Å²) in [6, 6.07) is 7.91. The van der Waals surface area contributed by atoms with Gasteiger partial charge in [-0.1, -0.05) is 12.1 Å². The average molecular weight is 288 g/mol. The quantitative estimate of drug-likeness (QED) is 0.906. The first-order chi connectivity index (χ1) is 10.2. The second-order valence-corrected chi connectivity index (χ2v) is 5.68. The maximum Gasteiger partial charge on any atom is 0.227 e. The van der Waals surface area contributed by atoms with Gasteiger partial charge in [-0.25, -0.2) is 0 Å². The summed E-state index contributed by atoms with van der Waals surface area (Å²) in [5.41, 5.74) is 0.961. The van der Waals surface area contributed by atoms with Crippen LogP contribution in [-0.2, 0) is 16.0 Å². The number of nitrogens with one attached hydrogen (secondary N) is 1. The number of amides is 2. The monoisotopic (exact) mass is 288 g/mol. The molecule has 0 bridgehead atoms. The van der Waals surface area contributed by atoms with E-state index in [9.17, 15) is 9.59 Å². The van der Waals surface area contributed by atoms with Crippen molar-refractivity contribution in [3.05, 3.63) is 29.8 Å². The zero-order valence-electron chi connectivity index (χ0n) is 12.2. The maximum absolute atomic E-state index is 12.5. The lowest BCUT2D eigenvalue weighted by Crippen LogP contribution is -2.51. The number of piperidine rings is 1. The molecule has 1 N–H and O–H groups in total. The van der Waals surface area contributed by atoms with E-state index in [1.807, 2.05) is 29.2 Å². The maximum atomic E-state index is 12.5. The first-order valence-electron chi connectivity index (χ1n) is 7.39. The van der Waals surface area contributed by atoms with Crippen LogP contribution in [0.2, 0.25) is 0 Å². The Morgan fingerprint density at radius 2 is 2.29 bits per heavy atom. The van der Waals surface area contributed by atoms with Crippen molar-refractivity contribution in [3.8, 4) is 5.75 Å². The molecule has 2 saturated heterocycles. The van der Waals surface area contributed by atoms with Crippen LogP contribution in [-0.4, -0.2) is 42.5 Å². The van der Waals surface area contributed by atoms with E-state index in [1.54, 1.807) is 7.11 Å². The number of fused-ring (bicyclic) bond motifs is 1. The Bertz CT molecular complexity index is 558. The fraction of sp³-hybridized carbons (Fsp3) is 0.500. The Morgan fingerprint density at radius 1 is 1.43 bits per heavy atom. The van der Waals surface area contributed by atoms with Crippen molar-refractivity contribution in [1.29, 1.82) is 0 Å². The molecule has 0 aromatic heterocycles. The normalized spacial score (nSPS) is 24.4. The fourth-order valence-electron chi connectivity index (χ4n) is 3.31. The largest absolute Gasteiger partial charge is 0.497 e. The zero-order valence-corrected chi connectivity index (χ0v) is 12.2. The number of carbonyl (C=O) groups excluding carboxylic acids is 2. The Balaban J connectivity index is 1.67. The lowest BCUT2D eigenvalue weighted by Gasteiger charge is -2.32. The van der Waals surface area contributed by atoms with Gasteiger partial charge in [-0.15, -0.1) is 0 Å². The van der Waals surface area contributed by atoms with E-state index in [1.165, 1.54) is 0 Å². The summed E-state index contributed by atoms with van der Waals surface area (Å²) < 4.78 is 5.19. The van der Waals surface area contributed by atoms with E-state index in [0.717, 1.165) is 30.7 Å². The van der Waals surface area contributed by atoms with Gasteiger partial charge in [0.1, 0.15) is 5.75 Å². The number of benzene rings is 1. The Hall–Kier alpha value is -2.04. The van der Waals surface area contributed by atoms with Crippen molar-refractivity contribution in [1.82, 2.24) is 10.2 Å². The molecule has 0 spiro atoms. The predicted molar refractivity (Wildman–Crippen MR) is 78.0 cm³/mol. The van der Waals surface area contributed by atoms with Gasteiger partial charge in [0.15, 0.2) is 0 Å². The number of hydrogen-bond acceptors (Lipinski definition) is 3. The van der Waals surface area contributed by atoms with Crippen molar-refractivity contribution in [2.75, 3.05) is 13.7 Å². The highest BCUT2D eigenvalue weighted by molar-refractivity contribution is 5.81. The second kappa shape index (κ2) is 5.76. The molecular weight excluding hydrogens is 268 g/mol. The SMILES string of the molecule is COc1cccc(CC(=O)N2CC[C@@H]3NC(=O)CC[C@@H]32)c1. The highest BCUT2D eigenvalue weighted by Gasteiger charge is 2.40. The Morgan fingerprint density at radius 3 is 3.10 bits per heavy atom. The fourth-order valence-corrected chi connectivity index (χ4v) is 3.31. The second-order valence-electron chi connectivity index (χ2n) is 5.68.